The number of aromatic nitrogens is 4. The molecule has 14 heavy (non-hydrogen) atoms. The molecule has 76 valence electrons. The van der Waals surface area contributed by atoms with Crippen LogP contribution in [0.1, 0.15) is 36.8 Å². The highest BCUT2D eigenvalue weighted by Gasteiger charge is 2.17. The SMILES string of the molecule is Cc1nn2nc(C)n(C)c2c1C(C)C. The van der Waals surface area contributed by atoms with Gasteiger partial charge in [0.05, 0.1) is 5.69 Å². The second kappa shape index (κ2) is 2.83. The molecule has 0 aliphatic carbocycles. The topological polar surface area (TPSA) is 35.1 Å². The molecule has 0 unspecified atom stereocenters. The van der Waals surface area contributed by atoms with E-state index in [1.807, 2.05) is 20.9 Å². The van der Waals surface area contributed by atoms with Crippen LogP contribution in [-0.2, 0) is 7.05 Å². The molecule has 4 heteroatoms. The van der Waals surface area contributed by atoms with Crippen molar-refractivity contribution >= 4 is 5.65 Å². The Kier molecular flexibility index (Phi) is 1.87. The van der Waals surface area contributed by atoms with Crippen LogP contribution in [0.25, 0.3) is 5.65 Å². The van der Waals surface area contributed by atoms with E-state index >= 15 is 0 Å². The van der Waals surface area contributed by atoms with Crippen molar-refractivity contribution in [2.24, 2.45) is 7.05 Å². The Morgan fingerprint density at radius 3 is 2.36 bits per heavy atom. The second-order valence-electron chi connectivity index (χ2n) is 4.07. The zero-order valence-electron chi connectivity index (χ0n) is 9.37. The predicted molar refractivity (Wildman–Crippen MR) is 55.5 cm³/mol. The van der Waals surface area contributed by atoms with Crippen molar-refractivity contribution in [3.05, 3.63) is 17.1 Å². The van der Waals surface area contributed by atoms with Crippen LogP contribution in [0.3, 0.4) is 0 Å². The third kappa shape index (κ3) is 1.06. The lowest BCUT2D eigenvalue weighted by Gasteiger charge is -2.04. The van der Waals surface area contributed by atoms with Gasteiger partial charge in [0.1, 0.15) is 5.82 Å². The lowest BCUT2D eigenvalue weighted by molar-refractivity contribution is 0.784. The number of nitrogens with zero attached hydrogens (tertiary/aromatic N) is 4. The first-order chi connectivity index (χ1) is 6.52. The van der Waals surface area contributed by atoms with E-state index in [0.717, 1.165) is 17.2 Å². The monoisotopic (exact) mass is 192 g/mol. The maximum atomic E-state index is 4.40. The number of aryl methyl sites for hydroxylation is 3. The van der Waals surface area contributed by atoms with Gasteiger partial charge in [-0.1, -0.05) is 13.8 Å². The Bertz CT molecular complexity index is 476. The molecule has 0 amide bonds. The molecule has 0 bridgehead atoms. The van der Waals surface area contributed by atoms with E-state index < -0.39 is 0 Å². The van der Waals surface area contributed by atoms with Crippen LogP contribution >= 0.6 is 0 Å². The average molecular weight is 192 g/mol. The number of hydrogen-bond donors (Lipinski definition) is 0. The molecular weight excluding hydrogens is 176 g/mol. The molecule has 2 heterocycles. The van der Waals surface area contributed by atoms with E-state index in [-0.39, 0.29) is 0 Å². The van der Waals surface area contributed by atoms with Crippen molar-refractivity contribution in [2.75, 3.05) is 0 Å². The van der Waals surface area contributed by atoms with Crippen LogP contribution in [0.5, 0.6) is 0 Å². The zero-order chi connectivity index (χ0) is 10.5. The number of fused-ring (bicyclic) bond motifs is 1. The van der Waals surface area contributed by atoms with Gasteiger partial charge in [0, 0.05) is 12.6 Å². The molecule has 0 N–H and O–H groups in total. The summed E-state index contributed by atoms with van der Waals surface area (Å²) in [7, 11) is 2.03. The summed E-state index contributed by atoms with van der Waals surface area (Å²) in [6.45, 7) is 8.41. The first-order valence-electron chi connectivity index (χ1n) is 4.91. The fraction of sp³-hybridized carbons (Fsp3) is 0.600. The third-order valence-electron chi connectivity index (χ3n) is 2.68. The standard InChI is InChI=1S/C10H16N4/c1-6(2)9-7(3)11-14-10(9)13(5)8(4)12-14/h6H,1-5H3. The maximum absolute atomic E-state index is 4.40. The van der Waals surface area contributed by atoms with E-state index in [1.54, 1.807) is 4.63 Å². The molecule has 0 aromatic carbocycles. The van der Waals surface area contributed by atoms with Crippen LogP contribution in [0.2, 0.25) is 0 Å². The van der Waals surface area contributed by atoms with Crippen LogP contribution in [0.15, 0.2) is 0 Å². The first kappa shape index (κ1) is 9.24. The molecular formula is C10H16N4. The smallest absolute Gasteiger partial charge is 0.161 e. The van der Waals surface area contributed by atoms with Gasteiger partial charge in [-0.3, -0.25) is 0 Å². The normalized spacial score (nSPS) is 11.9. The Morgan fingerprint density at radius 1 is 1.14 bits per heavy atom. The number of rotatable bonds is 1. The molecule has 0 saturated carbocycles. The summed E-state index contributed by atoms with van der Waals surface area (Å²) in [5, 5.41) is 8.75. The van der Waals surface area contributed by atoms with E-state index in [4.69, 9.17) is 0 Å². The van der Waals surface area contributed by atoms with Gasteiger partial charge in [-0.05, 0) is 19.8 Å². The van der Waals surface area contributed by atoms with Crippen molar-refractivity contribution < 1.29 is 0 Å². The molecule has 0 fully saturated rings. The fourth-order valence-electron chi connectivity index (χ4n) is 1.93. The third-order valence-corrected chi connectivity index (χ3v) is 2.68. The van der Waals surface area contributed by atoms with Gasteiger partial charge in [0.25, 0.3) is 0 Å². The fourth-order valence-corrected chi connectivity index (χ4v) is 1.93. The van der Waals surface area contributed by atoms with Crippen LogP contribution < -0.4 is 0 Å². The van der Waals surface area contributed by atoms with Crippen molar-refractivity contribution in [1.29, 1.82) is 0 Å². The van der Waals surface area contributed by atoms with Gasteiger partial charge in [0.15, 0.2) is 5.65 Å². The highest BCUT2D eigenvalue weighted by atomic mass is 15.5. The maximum Gasteiger partial charge on any atom is 0.161 e. The van der Waals surface area contributed by atoms with Gasteiger partial charge < -0.3 is 4.57 Å². The lowest BCUT2D eigenvalue weighted by atomic mass is 10.0. The molecule has 0 radical (unpaired) electrons. The highest BCUT2D eigenvalue weighted by molar-refractivity contribution is 5.52. The minimum absolute atomic E-state index is 0.488. The quantitative estimate of drug-likeness (QED) is 0.690. The van der Waals surface area contributed by atoms with Crippen LogP contribution in [-0.4, -0.2) is 19.4 Å². The van der Waals surface area contributed by atoms with Gasteiger partial charge in [-0.15, -0.1) is 9.73 Å². The van der Waals surface area contributed by atoms with Gasteiger partial charge in [-0.2, -0.15) is 5.10 Å². The Balaban J connectivity index is 2.84. The Hall–Kier alpha value is -1.32. The number of hydrogen-bond acceptors (Lipinski definition) is 2. The van der Waals surface area contributed by atoms with E-state index in [0.29, 0.717) is 5.92 Å². The first-order valence-corrected chi connectivity index (χ1v) is 4.91. The van der Waals surface area contributed by atoms with Crippen molar-refractivity contribution in [2.45, 2.75) is 33.6 Å². The second-order valence-corrected chi connectivity index (χ2v) is 4.07. The van der Waals surface area contributed by atoms with E-state index in [1.165, 1.54) is 5.56 Å². The van der Waals surface area contributed by atoms with Crippen LogP contribution in [0.4, 0.5) is 0 Å². The van der Waals surface area contributed by atoms with Gasteiger partial charge >= 0.3 is 0 Å². The molecule has 4 nitrogen and oxygen atoms in total. The molecule has 2 rings (SSSR count). The largest absolute Gasteiger partial charge is 0.315 e. The molecule has 2 aromatic heterocycles. The predicted octanol–water partition coefficient (Wildman–Crippen LogP) is 1.81. The summed E-state index contributed by atoms with van der Waals surface area (Å²) < 4.78 is 3.83. The molecule has 0 atom stereocenters. The average Bonchev–Trinajstić information content (AvgIpc) is 2.51. The van der Waals surface area contributed by atoms with Crippen molar-refractivity contribution in [1.82, 2.24) is 19.4 Å². The molecule has 0 saturated heterocycles. The summed E-state index contributed by atoms with van der Waals surface area (Å²) in [5.41, 5.74) is 3.50. The van der Waals surface area contributed by atoms with Gasteiger partial charge in [-0.25, -0.2) is 0 Å². The molecule has 0 spiro atoms. The van der Waals surface area contributed by atoms with Crippen molar-refractivity contribution in [3.63, 3.8) is 0 Å². The minimum Gasteiger partial charge on any atom is -0.315 e. The molecule has 2 aromatic rings. The van der Waals surface area contributed by atoms with Crippen molar-refractivity contribution in [3.8, 4) is 0 Å². The lowest BCUT2D eigenvalue weighted by Crippen LogP contribution is -1.96. The summed E-state index contributed by atoms with van der Waals surface area (Å²) in [4.78, 5) is 0. The van der Waals surface area contributed by atoms with Gasteiger partial charge in [0.2, 0.25) is 0 Å². The zero-order valence-corrected chi connectivity index (χ0v) is 9.37. The molecule has 0 aliphatic rings. The summed E-state index contributed by atoms with van der Waals surface area (Å²) in [6.07, 6.45) is 0. The summed E-state index contributed by atoms with van der Waals surface area (Å²) >= 11 is 0. The van der Waals surface area contributed by atoms with E-state index in [9.17, 15) is 0 Å². The highest BCUT2D eigenvalue weighted by Crippen LogP contribution is 2.23. The van der Waals surface area contributed by atoms with Crippen LogP contribution in [0, 0.1) is 13.8 Å². The molecule has 0 aliphatic heterocycles. The minimum atomic E-state index is 0.488. The summed E-state index contributed by atoms with van der Waals surface area (Å²) in [5.74, 6) is 1.48. The van der Waals surface area contributed by atoms with E-state index in [2.05, 4.69) is 28.6 Å². The Labute approximate surface area is 83.5 Å². The summed E-state index contributed by atoms with van der Waals surface area (Å²) in [6, 6.07) is 0. The Morgan fingerprint density at radius 2 is 1.79 bits per heavy atom.